The van der Waals surface area contributed by atoms with Crippen molar-refractivity contribution in [1.82, 2.24) is 10.6 Å². The first-order valence-corrected chi connectivity index (χ1v) is 7.54. The Kier molecular flexibility index (Phi) is 6.01. The van der Waals surface area contributed by atoms with Crippen molar-refractivity contribution in [3.05, 3.63) is 22.4 Å². The van der Waals surface area contributed by atoms with Crippen molar-refractivity contribution < 1.29 is 14.7 Å². The number of hydrogen-bond donors (Lipinski definition) is 3. The van der Waals surface area contributed by atoms with E-state index < -0.39 is 18.0 Å². The number of rotatable bonds is 6. The molecule has 112 valence electrons. The van der Waals surface area contributed by atoms with Crippen LogP contribution in [0.1, 0.15) is 38.6 Å². The summed E-state index contributed by atoms with van der Waals surface area (Å²) in [5.74, 6) is -0.966. The molecule has 0 saturated carbocycles. The molecule has 20 heavy (non-hydrogen) atoms. The molecule has 1 aromatic heterocycles. The second-order valence-electron chi connectivity index (χ2n) is 5.41. The zero-order valence-corrected chi connectivity index (χ0v) is 13.0. The number of carbonyl (C=O) groups excluding carboxylic acids is 1. The third-order valence-electron chi connectivity index (χ3n) is 3.02. The Balaban J connectivity index is 2.70. The smallest absolute Gasteiger partial charge is 0.326 e. The van der Waals surface area contributed by atoms with Crippen molar-refractivity contribution in [2.24, 2.45) is 11.8 Å². The average Bonchev–Trinajstić information content (AvgIpc) is 2.85. The molecular formula is C14H22N2O3S. The standard InChI is InChI=1S/C14H22N2O3S/c1-8(2)11(10-6-5-7-20-10)15-14(19)16-12(9(3)4)13(17)18/h5-9,11-12H,1-4H3,(H,17,18)(H2,15,16,19). The van der Waals surface area contributed by atoms with E-state index in [4.69, 9.17) is 5.11 Å². The number of carboxylic acids is 1. The molecular weight excluding hydrogens is 276 g/mol. The van der Waals surface area contributed by atoms with Crippen molar-refractivity contribution in [2.45, 2.75) is 39.8 Å². The van der Waals surface area contributed by atoms with Crippen LogP contribution in [0, 0.1) is 11.8 Å². The number of carbonyl (C=O) groups is 2. The van der Waals surface area contributed by atoms with Crippen molar-refractivity contribution in [3.63, 3.8) is 0 Å². The van der Waals surface area contributed by atoms with Gasteiger partial charge < -0.3 is 15.7 Å². The van der Waals surface area contributed by atoms with Gasteiger partial charge in [0.25, 0.3) is 0 Å². The van der Waals surface area contributed by atoms with Gasteiger partial charge in [0.15, 0.2) is 0 Å². The number of urea groups is 1. The third kappa shape index (κ3) is 4.52. The molecule has 2 atom stereocenters. The molecule has 6 heteroatoms. The molecule has 2 amide bonds. The van der Waals surface area contributed by atoms with E-state index in [-0.39, 0.29) is 17.9 Å². The molecule has 2 unspecified atom stereocenters. The maximum Gasteiger partial charge on any atom is 0.326 e. The summed E-state index contributed by atoms with van der Waals surface area (Å²) in [5.41, 5.74) is 0. The van der Waals surface area contributed by atoms with E-state index in [1.807, 2.05) is 31.4 Å². The summed E-state index contributed by atoms with van der Waals surface area (Å²) in [6.07, 6.45) is 0. The Hall–Kier alpha value is -1.56. The van der Waals surface area contributed by atoms with Gasteiger partial charge in [-0.1, -0.05) is 33.8 Å². The minimum absolute atomic E-state index is 0.114. The third-order valence-corrected chi connectivity index (χ3v) is 3.98. The normalized spacial score (nSPS) is 14.1. The van der Waals surface area contributed by atoms with Crippen LogP contribution in [-0.4, -0.2) is 23.1 Å². The maximum absolute atomic E-state index is 12.0. The van der Waals surface area contributed by atoms with Crippen LogP contribution in [0.15, 0.2) is 17.5 Å². The second-order valence-corrected chi connectivity index (χ2v) is 6.39. The van der Waals surface area contributed by atoms with Gasteiger partial charge in [-0.25, -0.2) is 9.59 Å². The summed E-state index contributed by atoms with van der Waals surface area (Å²) in [4.78, 5) is 24.1. The van der Waals surface area contributed by atoms with Crippen LogP contribution in [0.25, 0.3) is 0 Å². The molecule has 1 heterocycles. The molecule has 0 aromatic carbocycles. The molecule has 3 N–H and O–H groups in total. The Bertz CT molecular complexity index is 443. The van der Waals surface area contributed by atoms with E-state index >= 15 is 0 Å². The summed E-state index contributed by atoms with van der Waals surface area (Å²) in [7, 11) is 0. The predicted molar refractivity (Wildman–Crippen MR) is 79.8 cm³/mol. The van der Waals surface area contributed by atoms with Crippen LogP contribution >= 0.6 is 11.3 Å². The molecule has 0 radical (unpaired) electrons. The number of aliphatic carboxylic acids is 1. The van der Waals surface area contributed by atoms with Gasteiger partial charge in [0.2, 0.25) is 0 Å². The monoisotopic (exact) mass is 298 g/mol. The summed E-state index contributed by atoms with van der Waals surface area (Å²) in [6.45, 7) is 7.56. The van der Waals surface area contributed by atoms with Gasteiger partial charge in [-0.2, -0.15) is 0 Å². The Morgan fingerprint density at radius 1 is 1.15 bits per heavy atom. The van der Waals surface area contributed by atoms with E-state index in [0.29, 0.717) is 0 Å². The highest BCUT2D eigenvalue weighted by molar-refractivity contribution is 7.10. The summed E-state index contributed by atoms with van der Waals surface area (Å²) in [6, 6.07) is 2.46. The lowest BCUT2D eigenvalue weighted by atomic mass is 10.0. The number of thiophene rings is 1. The fraction of sp³-hybridized carbons (Fsp3) is 0.571. The lowest BCUT2D eigenvalue weighted by molar-refractivity contribution is -0.140. The van der Waals surface area contributed by atoms with Crippen molar-refractivity contribution in [1.29, 1.82) is 0 Å². The molecule has 0 aliphatic heterocycles. The molecule has 1 aromatic rings. The minimum atomic E-state index is -1.02. The number of amides is 2. The molecule has 0 aliphatic carbocycles. The summed E-state index contributed by atoms with van der Waals surface area (Å²) in [5, 5.41) is 16.4. The molecule has 1 rings (SSSR count). The van der Waals surface area contributed by atoms with Crippen LogP contribution in [0.4, 0.5) is 4.79 Å². The van der Waals surface area contributed by atoms with Gasteiger partial charge in [-0.05, 0) is 23.3 Å². The first kappa shape index (κ1) is 16.5. The molecule has 0 bridgehead atoms. The van der Waals surface area contributed by atoms with Crippen molar-refractivity contribution in [2.75, 3.05) is 0 Å². The number of hydrogen-bond acceptors (Lipinski definition) is 3. The molecule has 0 fully saturated rings. The quantitative estimate of drug-likeness (QED) is 0.755. The van der Waals surface area contributed by atoms with Crippen molar-refractivity contribution in [3.8, 4) is 0 Å². The topological polar surface area (TPSA) is 78.4 Å². The summed E-state index contributed by atoms with van der Waals surface area (Å²) >= 11 is 1.57. The number of carboxylic acid groups (broad SMARTS) is 1. The highest BCUT2D eigenvalue weighted by Gasteiger charge is 2.25. The van der Waals surface area contributed by atoms with Crippen LogP contribution in [-0.2, 0) is 4.79 Å². The van der Waals surface area contributed by atoms with E-state index in [1.165, 1.54) is 0 Å². The van der Waals surface area contributed by atoms with E-state index in [9.17, 15) is 9.59 Å². The van der Waals surface area contributed by atoms with Gasteiger partial charge in [-0.3, -0.25) is 0 Å². The lowest BCUT2D eigenvalue weighted by Crippen LogP contribution is -2.49. The Labute approximate surface area is 123 Å². The lowest BCUT2D eigenvalue weighted by Gasteiger charge is -2.24. The molecule has 0 saturated heterocycles. The number of nitrogens with one attached hydrogen (secondary N) is 2. The van der Waals surface area contributed by atoms with E-state index in [2.05, 4.69) is 10.6 Å². The van der Waals surface area contributed by atoms with Crippen LogP contribution in [0.5, 0.6) is 0 Å². The summed E-state index contributed by atoms with van der Waals surface area (Å²) < 4.78 is 0. The van der Waals surface area contributed by atoms with E-state index in [0.717, 1.165) is 4.88 Å². The second kappa shape index (κ2) is 7.28. The highest BCUT2D eigenvalue weighted by atomic mass is 32.1. The highest BCUT2D eigenvalue weighted by Crippen LogP contribution is 2.25. The van der Waals surface area contributed by atoms with Gasteiger partial charge in [0.1, 0.15) is 6.04 Å². The zero-order chi connectivity index (χ0) is 15.3. The largest absolute Gasteiger partial charge is 0.480 e. The van der Waals surface area contributed by atoms with Crippen LogP contribution in [0.3, 0.4) is 0 Å². The zero-order valence-electron chi connectivity index (χ0n) is 12.2. The predicted octanol–water partition coefficient (Wildman–Crippen LogP) is 2.85. The van der Waals surface area contributed by atoms with Gasteiger partial charge in [-0.15, -0.1) is 11.3 Å². The molecule has 0 aliphatic rings. The first-order chi connectivity index (χ1) is 9.32. The average molecular weight is 298 g/mol. The van der Waals surface area contributed by atoms with Gasteiger partial charge >= 0.3 is 12.0 Å². The minimum Gasteiger partial charge on any atom is -0.480 e. The van der Waals surface area contributed by atoms with Crippen molar-refractivity contribution >= 4 is 23.3 Å². The molecule has 5 nitrogen and oxygen atoms in total. The SMILES string of the molecule is CC(C)C(NC(=O)NC(c1cccs1)C(C)C)C(=O)O. The Morgan fingerprint density at radius 3 is 2.20 bits per heavy atom. The Morgan fingerprint density at radius 2 is 1.80 bits per heavy atom. The van der Waals surface area contributed by atoms with Gasteiger partial charge in [0.05, 0.1) is 6.04 Å². The van der Waals surface area contributed by atoms with E-state index in [1.54, 1.807) is 25.2 Å². The fourth-order valence-electron chi connectivity index (χ4n) is 1.87. The first-order valence-electron chi connectivity index (χ1n) is 6.66. The van der Waals surface area contributed by atoms with Crippen LogP contribution < -0.4 is 10.6 Å². The van der Waals surface area contributed by atoms with Gasteiger partial charge in [0, 0.05) is 4.88 Å². The van der Waals surface area contributed by atoms with Crippen LogP contribution in [0.2, 0.25) is 0 Å². The molecule has 0 spiro atoms. The maximum atomic E-state index is 12.0. The fourth-order valence-corrected chi connectivity index (χ4v) is 2.82.